The normalized spacial score (nSPS) is 12.9. The second-order valence-corrected chi connectivity index (χ2v) is 9.00. The van der Waals surface area contributed by atoms with E-state index in [-0.39, 0.29) is 19.1 Å². The zero-order valence-corrected chi connectivity index (χ0v) is 21.4. The lowest BCUT2D eigenvalue weighted by Crippen LogP contribution is -2.39. The summed E-state index contributed by atoms with van der Waals surface area (Å²) in [4.78, 5) is 24.2. The summed E-state index contributed by atoms with van der Waals surface area (Å²) in [7, 11) is 3.14. The number of hydrogen-bond acceptors (Lipinski definition) is 7. The van der Waals surface area contributed by atoms with Gasteiger partial charge in [-0.25, -0.2) is 14.4 Å². The molecule has 1 aliphatic rings. The van der Waals surface area contributed by atoms with E-state index < -0.39 is 5.82 Å². The van der Waals surface area contributed by atoms with E-state index in [9.17, 15) is 14.3 Å². The Morgan fingerprint density at radius 2 is 1.95 bits per heavy atom. The monoisotopic (exact) mass is 517 g/mol. The van der Waals surface area contributed by atoms with Crippen LogP contribution in [-0.2, 0) is 19.7 Å². The average molecular weight is 518 g/mol. The fourth-order valence-electron chi connectivity index (χ4n) is 4.65. The molecule has 0 saturated heterocycles. The third kappa shape index (κ3) is 4.78. The molecule has 38 heavy (non-hydrogen) atoms. The van der Waals surface area contributed by atoms with Gasteiger partial charge in [-0.2, -0.15) is 0 Å². The number of hydrogen-bond donors (Lipinski definition) is 2. The first-order valence-corrected chi connectivity index (χ1v) is 12.1. The number of carbonyl (C=O) groups excluding carboxylic acids is 1. The summed E-state index contributed by atoms with van der Waals surface area (Å²) in [6, 6.07) is 11.5. The van der Waals surface area contributed by atoms with Gasteiger partial charge in [0.05, 0.1) is 32.2 Å². The van der Waals surface area contributed by atoms with Crippen LogP contribution in [0, 0.1) is 12.7 Å². The number of amides is 1. The van der Waals surface area contributed by atoms with E-state index in [0.29, 0.717) is 58.7 Å². The highest BCUT2D eigenvalue weighted by Crippen LogP contribution is 2.36. The number of nitrogens with one attached hydrogen (secondary N) is 1. The molecule has 0 saturated carbocycles. The van der Waals surface area contributed by atoms with Crippen molar-refractivity contribution in [2.24, 2.45) is 0 Å². The van der Waals surface area contributed by atoms with Crippen LogP contribution in [0.5, 0.6) is 11.5 Å². The first-order chi connectivity index (χ1) is 18.4. The largest absolute Gasteiger partial charge is 0.493 e. The van der Waals surface area contributed by atoms with Crippen LogP contribution in [0.1, 0.15) is 27.2 Å². The fourth-order valence-corrected chi connectivity index (χ4v) is 4.65. The third-order valence-corrected chi connectivity index (χ3v) is 6.61. The van der Waals surface area contributed by atoms with Crippen LogP contribution in [0.3, 0.4) is 0 Å². The summed E-state index contributed by atoms with van der Waals surface area (Å²) in [5.41, 5.74) is 4.71. The molecule has 0 atom stereocenters. The Morgan fingerprint density at radius 1 is 1.11 bits per heavy atom. The molecule has 4 aromatic rings. The van der Waals surface area contributed by atoms with Crippen molar-refractivity contribution in [3.8, 4) is 22.8 Å². The van der Waals surface area contributed by atoms with Gasteiger partial charge < -0.3 is 29.4 Å². The number of carbonyl (C=O) groups is 1. The number of para-hydroxylation sites is 1. The Kier molecular flexibility index (Phi) is 6.97. The molecule has 2 N–H and O–H groups in total. The summed E-state index contributed by atoms with van der Waals surface area (Å²) < 4.78 is 26.6. The van der Waals surface area contributed by atoms with Crippen molar-refractivity contribution < 1.29 is 23.8 Å². The maximum Gasteiger partial charge on any atom is 0.270 e. The van der Waals surface area contributed by atoms with Crippen LogP contribution in [0.25, 0.3) is 11.3 Å². The van der Waals surface area contributed by atoms with Crippen LogP contribution in [0.4, 0.5) is 16.0 Å². The molecule has 0 bridgehead atoms. The number of methoxy groups -OCH3 is 2. The molecule has 0 radical (unpaired) electrons. The summed E-state index contributed by atoms with van der Waals surface area (Å²) in [5.74, 6) is 0.923. The summed E-state index contributed by atoms with van der Waals surface area (Å²) in [5, 5.41) is 12.8. The molecule has 2 aromatic carbocycles. The molecule has 1 amide bonds. The Morgan fingerprint density at radius 3 is 2.71 bits per heavy atom. The highest BCUT2D eigenvalue weighted by atomic mass is 19.1. The quantitative estimate of drug-likeness (QED) is 0.359. The smallest absolute Gasteiger partial charge is 0.270 e. The summed E-state index contributed by atoms with van der Waals surface area (Å²) in [6.07, 6.45) is 3.64. The minimum Gasteiger partial charge on any atom is -0.493 e. The summed E-state index contributed by atoms with van der Waals surface area (Å²) >= 11 is 0. The number of anilines is 2. The molecule has 196 valence electrons. The Labute approximate surface area is 219 Å². The second kappa shape index (κ2) is 10.5. The lowest BCUT2D eigenvalue weighted by molar-refractivity contribution is 0.0689. The van der Waals surface area contributed by atoms with Crippen LogP contribution < -0.4 is 14.8 Å². The number of aliphatic hydroxyl groups excluding tert-OH is 1. The second-order valence-electron chi connectivity index (χ2n) is 9.00. The SMILES string of the molecule is COc1cccc(Nc2ncc(C)c(-c3cc4n(c3)CCN(Cc3cc(F)ccc3CO)C4=O)n2)c1OC. The molecule has 0 fully saturated rings. The minimum absolute atomic E-state index is 0.165. The molecule has 9 nitrogen and oxygen atoms in total. The first-order valence-electron chi connectivity index (χ1n) is 12.1. The van der Waals surface area contributed by atoms with Gasteiger partial charge in [0, 0.05) is 37.6 Å². The van der Waals surface area contributed by atoms with Crippen molar-refractivity contribution in [2.45, 2.75) is 26.6 Å². The van der Waals surface area contributed by atoms with Crippen molar-refractivity contribution in [3.05, 3.63) is 83.1 Å². The van der Waals surface area contributed by atoms with Crippen molar-refractivity contribution in [2.75, 3.05) is 26.1 Å². The van der Waals surface area contributed by atoms with Crippen molar-refractivity contribution >= 4 is 17.5 Å². The van der Waals surface area contributed by atoms with E-state index in [1.165, 1.54) is 12.1 Å². The molecule has 5 rings (SSSR count). The van der Waals surface area contributed by atoms with Gasteiger partial charge in [0.1, 0.15) is 11.5 Å². The molecule has 0 aliphatic carbocycles. The van der Waals surface area contributed by atoms with E-state index in [2.05, 4.69) is 10.3 Å². The van der Waals surface area contributed by atoms with E-state index in [1.54, 1.807) is 37.4 Å². The lowest BCUT2D eigenvalue weighted by Gasteiger charge is -2.29. The van der Waals surface area contributed by atoms with Crippen molar-refractivity contribution in [1.82, 2.24) is 19.4 Å². The molecule has 3 heterocycles. The molecule has 0 unspecified atom stereocenters. The van der Waals surface area contributed by atoms with Gasteiger partial charge in [0.15, 0.2) is 11.5 Å². The highest BCUT2D eigenvalue weighted by molar-refractivity contribution is 5.95. The molecule has 2 aromatic heterocycles. The number of aryl methyl sites for hydroxylation is 1. The van der Waals surface area contributed by atoms with E-state index in [0.717, 1.165) is 11.1 Å². The number of fused-ring (bicyclic) bond motifs is 1. The Hall–Kier alpha value is -4.44. The summed E-state index contributed by atoms with van der Waals surface area (Å²) in [6.45, 7) is 2.96. The van der Waals surface area contributed by atoms with Gasteiger partial charge in [-0.15, -0.1) is 0 Å². The van der Waals surface area contributed by atoms with Crippen molar-refractivity contribution in [1.29, 1.82) is 0 Å². The van der Waals surface area contributed by atoms with Gasteiger partial charge in [0.2, 0.25) is 5.95 Å². The minimum atomic E-state index is -0.400. The number of aliphatic hydroxyl groups is 1. The van der Waals surface area contributed by atoms with Crippen LogP contribution in [0.15, 0.2) is 54.9 Å². The third-order valence-electron chi connectivity index (χ3n) is 6.61. The predicted molar refractivity (Wildman–Crippen MR) is 140 cm³/mol. The predicted octanol–water partition coefficient (Wildman–Crippen LogP) is 4.30. The number of ether oxygens (including phenoxy) is 2. The standard InChI is InChI=1S/C28H28FN5O4/c1-17-13-30-28(31-22-5-4-6-24(37-2)26(22)38-3)32-25(17)20-12-23-27(36)34(10-9-33(23)15-20)14-19-11-21(29)8-7-18(19)16-35/h4-8,11-13,15,35H,9-10,14,16H2,1-3H3,(H,30,31,32). The van der Waals surface area contributed by atoms with Crippen LogP contribution in [0.2, 0.25) is 0 Å². The van der Waals surface area contributed by atoms with Gasteiger partial charge in [-0.3, -0.25) is 4.79 Å². The zero-order valence-electron chi connectivity index (χ0n) is 21.4. The number of rotatable bonds is 8. The number of aromatic nitrogens is 3. The average Bonchev–Trinajstić information content (AvgIpc) is 3.36. The molecule has 0 spiro atoms. The number of nitrogens with zero attached hydrogens (tertiary/aromatic N) is 4. The zero-order chi connectivity index (χ0) is 26.8. The van der Waals surface area contributed by atoms with Crippen LogP contribution >= 0.6 is 0 Å². The fraction of sp³-hybridized carbons (Fsp3) is 0.250. The number of halogens is 1. The Balaban J connectivity index is 1.41. The van der Waals surface area contributed by atoms with Crippen molar-refractivity contribution in [3.63, 3.8) is 0 Å². The number of benzene rings is 2. The van der Waals surface area contributed by atoms with Gasteiger partial charge in [0.25, 0.3) is 5.91 Å². The topological polar surface area (TPSA) is 102 Å². The van der Waals surface area contributed by atoms with Gasteiger partial charge in [-0.1, -0.05) is 12.1 Å². The maximum absolute atomic E-state index is 13.8. The lowest BCUT2D eigenvalue weighted by atomic mass is 10.1. The van der Waals surface area contributed by atoms with E-state index in [1.807, 2.05) is 35.9 Å². The van der Waals surface area contributed by atoms with Gasteiger partial charge in [-0.05, 0) is 53.9 Å². The first kappa shape index (κ1) is 25.2. The highest BCUT2D eigenvalue weighted by Gasteiger charge is 2.27. The Bertz CT molecular complexity index is 1500. The van der Waals surface area contributed by atoms with E-state index >= 15 is 0 Å². The van der Waals surface area contributed by atoms with Gasteiger partial charge >= 0.3 is 0 Å². The van der Waals surface area contributed by atoms with Crippen LogP contribution in [-0.4, -0.2) is 51.2 Å². The maximum atomic E-state index is 13.8. The molecular formula is C28H28FN5O4. The molecule has 10 heteroatoms. The molecular weight excluding hydrogens is 489 g/mol. The molecule has 1 aliphatic heterocycles. The van der Waals surface area contributed by atoms with E-state index in [4.69, 9.17) is 14.5 Å².